The van der Waals surface area contributed by atoms with E-state index < -0.39 is 0 Å². The lowest BCUT2D eigenvalue weighted by molar-refractivity contribution is -0.121. The Bertz CT molecular complexity index is 400. The molecular weight excluding hydrogens is 250 g/mol. The quantitative estimate of drug-likeness (QED) is 0.767. The Labute approximate surface area is 122 Å². The third-order valence-corrected chi connectivity index (χ3v) is 3.74. The average Bonchev–Trinajstić information content (AvgIpc) is 2.44. The molecule has 20 heavy (non-hydrogen) atoms. The number of rotatable bonds is 8. The molecule has 0 saturated carbocycles. The van der Waals surface area contributed by atoms with Crippen LogP contribution in [0.3, 0.4) is 0 Å². The van der Waals surface area contributed by atoms with Crippen molar-refractivity contribution in [3.8, 4) is 0 Å². The van der Waals surface area contributed by atoms with E-state index in [0.29, 0.717) is 18.9 Å². The predicted octanol–water partition coefficient (Wildman–Crippen LogP) is 3.01. The lowest BCUT2D eigenvalue weighted by Gasteiger charge is -2.17. The zero-order chi connectivity index (χ0) is 15.0. The van der Waals surface area contributed by atoms with E-state index in [4.69, 9.17) is 5.11 Å². The zero-order valence-corrected chi connectivity index (χ0v) is 12.9. The monoisotopic (exact) mass is 277 g/mol. The van der Waals surface area contributed by atoms with Crippen molar-refractivity contribution in [3.05, 3.63) is 35.4 Å². The topological polar surface area (TPSA) is 49.3 Å². The fraction of sp³-hybridized carbons (Fsp3) is 0.588. The Morgan fingerprint density at radius 3 is 2.50 bits per heavy atom. The third kappa shape index (κ3) is 5.74. The summed E-state index contributed by atoms with van der Waals surface area (Å²) in [5, 5.41) is 11.8. The van der Waals surface area contributed by atoms with Crippen LogP contribution < -0.4 is 5.32 Å². The van der Waals surface area contributed by atoms with Crippen LogP contribution in [0.2, 0.25) is 0 Å². The fourth-order valence-corrected chi connectivity index (χ4v) is 2.24. The predicted molar refractivity (Wildman–Crippen MR) is 82.7 cm³/mol. The number of carbonyl (C=O) groups excluding carboxylic acids is 1. The molecule has 0 radical (unpaired) electrons. The molecule has 0 bridgehead atoms. The Kier molecular flexibility index (Phi) is 7.31. The van der Waals surface area contributed by atoms with Crippen LogP contribution in [0, 0.1) is 12.8 Å². The molecule has 0 aliphatic rings. The van der Waals surface area contributed by atoms with Gasteiger partial charge in [-0.25, -0.2) is 0 Å². The summed E-state index contributed by atoms with van der Waals surface area (Å²) >= 11 is 0. The Balaban J connectivity index is 2.47. The van der Waals surface area contributed by atoms with Crippen LogP contribution >= 0.6 is 0 Å². The molecule has 2 atom stereocenters. The van der Waals surface area contributed by atoms with E-state index in [0.717, 1.165) is 12.8 Å². The molecule has 0 aliphatic heterocycles. The van der Waals surface area contributed by atoms with Crippen molar-refractivity contribution in [2.45, 2.75) is 46.0 Å². The summed E-state index contributed by atoms with van der Waals surface area (Å²) in [4.78, 5) is 12.0. The third-order valence-electron chi connectivity index (χ3n) is 3.74. The smallest absolute Gasteiger partial charge is 0.220 e. The number of aryl methyl sites for hydroxylation is 1. The van der Waals surface area contributed by atoms with Gasteiger partial charge in [-0.15, -0.1) is 0 Å². The standard InChI is InChI=1S/C17H27NO2/c1-4-15(16-7-5-13(2)6-8-16)11-17(20)18-12-14(3)9-10-19/h5-8,14-15,19H,4,9-12H2,1-3H3,(H,18,20). The highest BCUT2D eigenvalue weighted by molar-refractivity contribution is 5.76. The molecule has 1 aromatic carbocycles. The number of carbonyl (C=O) groups is 1. The summed E-state index contributed by atoms with van der Waals surface area (Å²) in [6.45, 7) is 7.04. The number of amides is 1. The van der Waals surface area contributed by atoms with Crippen molar-refractivity contribution in [1.82, 2.24) is 5.32 Å². The van der Waals surface area contributed by atoms with Crippen LogP contribution in [0.4, 0.5) is 0 Å². The SMILES string of the molecule is CCC(CC(=O)NCC(C)CCO)c1ccc(C)cc1. The van der Waals surface area contributed by atoms with E-state index >= 15 is 0 Å². The van der Waals surface area contributed by atoms with E-state index in [9.17, 15) is 4.79 Å². The van der Waals surface area contributed by atoms with E-state index in [2.05, 4.69) is 43.4 Å². The molecule has 0 heterocycles. The molecule has 1 aromatic rings. The van der Waals surface area contributed by atoms with E-state index in [1.165, 1.54) is 11.1 Å². The molecule has 0 aliphatic carbocycles. The van der Waals surface area contributed by atoms with E-state index in [1.807, 2.05) is 6.92 Å². The van der Waals surface area contributed by atoms with Crippen molar-refractivity contribution in [2.75, 3.05) is 13.2 Å². The second-order valence-electron chi connectivity index (χ2n) is 5.64. The van der Waals surface area contributed by atoms with Crippen LogP contribution in [0.25, 0.3) is 0 Å². The van der Waals surface area contributed by atoms with Crippen LogP contribution in [-0.2, 0) is 4.79 Å². The maximum absolute atomic E-state index is 12.0. The number of nitrogens with one attached hydrogen (secondary N) is 1. The molecule has 0 aromatic heterocycles. The van der Waals surface area contributed by atoms with Gasteiger partial charge in [0.1, 0.15) is 0 Å². The highest BCUT2D eigenvalue weighted by atomic mass is 16.3. The van der Waals surface area contributed by atoms with Gasteiger partial charge in [0.05, 0.1) is 0 Å². The van der Waals surface area contributed by atoms with Gasteiger partial charge < -0.3 is 10.4 Å². The summed E-state index contributed by atoms with van der Waals surface area (Å²) in [5.41, 5.74) is 2.47. The van der Waals surface area contributed by atoms with Gasteiger partial charge in [-0.05, 0) is 37.2 Å². The normalized spacial score (nSPS) is 13.8. The zero-order valence-electron chi connectivity index (χ0n) is 12.9. The minimum absolute atomic E-state index is 0.0993. The number of aliphatic hydroxyl groups excluding tert-OH is 1. The first-order valence-corrected chi connectivity index (χ1v) is 7.50. The second kappa shape index (κ2) is 8.75. The Hall–Kier alpha value is -1.35. The van der Waals surface area contributed by atoms with Gasteiger partial charge in [0, 0.05) is 19.6 Å². The van der Waals surface area contributed by atoms with Crippen molar-refractivity contribution in [1.29, 1.82) is 0 Å². The Morgan fingerprint density at radius 1 is 1.30 bits per heavy atom. The van der Waals surface area contributed by atoms with Crippen molar-refractivity contribution in [2.24, 2.45) is 5.92 Å². The molecule has 0 saturated heterocycles. The minimum atomic E-state index is 0.0993. The molecule has 112 valence electrons. The van der Waals surface area contributed by atoms with Gasteiger partial charge in [-0.1, -0.05) is 43.7 Å². The fourth-order valence-electron chi connectivity index (χ4n) is 2.24. The van der Waals surface area contributed by atoms with Crippen LogP contribution in [0.15, 0.2) is 24.3 Å². The maximum atomic E-state index is 12.0. The first-order chi connectivity index (χ1) is 9.56. The first kappa shape index (κ1) is 16.7. The average molecular weight is 277 g/mol. The van der Waals surface area contributed by atoms with Gasteiger partial charge >= 0.3 is 0 Å². The highest BCUT2D eigenvalue weighted by Gasteiger charge is 2.14. The maximum Gasteiger partial charge on any atom is 0.220 e. The van der Waals surface area contributed by atoms with Gasteiger partial charge in [-0.3, -0.25) is 4.79 Å². The molecule has 2 unspecified atom stereocenters. The molecule has 1 amide bonds. The van der Waals surface area contributed by atoms with E-state index in [1.54, 1.807) is 0 Å². The minimum Gasteiger partial charge on any atom is -0.396 e. The molecule has 0 spiro atoms. The lowest BCUT2D eigenvalue weighted by atomic mass is 9.92. The van der Waals surface area contributed by atoms with Crippen LogP contribution in [0.5, 0.6) is 0 Å². The summed E-state index contributed by atoms with van der Waals surface area (Å²) < 4.78 is 0. The summed E-state index contributed by atoms with van der Waals surface area (Å²) in [6.07, 6.45) is 2.23. The van der Waals surface area contributed by atoms with E-state index in [-0.39, 0.29) is 18.4 Å². The molecular formula is C17H27NO2. The molecule has 1 rings (SSSR count). The summed E-state index contributed by atoms with van der Waals surface area (Å²) in [6, 6.07) is 8.43. The molecule has 3 nitrogen and oxygen atoms in total. The van der Waals surface area contributed by atoms with Crippen molar-refractivity contribution >= 4 is 5.91 Å². The van der Waals surface area contributed by atoms with Gasteiger partial charge in [0.25, 0.3) is 0 Å². The van der Waals surface area contributed by atoms with Gasteiger partial charge in [-0.2, -0.15) is 0 Å². The van der Waals surface area contributed by atoms with Crippen LogP contribution in [0.1, 0.15) is 50.2 Å². The highest BCUT2D eigenvalue weighted by Crippen LogP contribution is 2.23. The van der Waals surface area contributed by atoms with Crippen molar-refractivity contribution in [3.63, 3.8) is 0 Å². The molecule has 3 heteroatoms. The van der Waals surface area contributed by atoms with Crippen LogP contribution in [-0.4, -0.2) is 24.2 Å². The summed E-state index contributed by atoms with van der Waals surface area (Å²) in [5.74, 6) is 0.703. The number of hydrogen-bond donors (Lipinski definition) is 2. The van der Waals surface area contributed by atoms with Crippen molar-refractivity contribution < 1.29 is 9.90 Å². The second-order valence-corrected chi connectivity index (χ2v) is 5.64. The molecule has 0 fully saturated rings. The van der Waals surface area contributed by atoms with Gasteiger partial charge in [0.2, 0.25) is 5.91 Å². The molecule has 2 N–H and O–H groups in total. The number of aliphatic hydroxyl groups is 1. The largest absolute Gasteiger partial charge is 0.396 e. The number of benzene rings is 1. The van der Waals surface area contributed by atoms with Gasteiger partial charge in [0.15, 0.2) is 0 Å². The summed E-state index contributed by atoms with van der Waals surface area (Å²) in [7, 11) is 0. The number of hydrogen-bond acceptors (Lipinski definition) is 2. The lowest BCUT2D eigenvalue weighted by Crippen LogP contribution is -2.29. The first-order valence-electron chi connectivity index (χ1n) is 7.50. The Morgan fingerprint density at radius 2 is 1.95 bits per heavy atom.